The van der Waals surface area contributed by atoms with E-state index in [4.69, 9.17) is 15.9 Å². The minimum Gasteiger partial charge on any atom is -0.506 e. The van der Waals surface area contributed by atoms with E-state index in [0.29, 0.717) is 34.4 Å². The number of aliphatic hydroxyl groups is 2. The number of hydrogen-bond donors (Lipinski definition) is 5. The molecule has 0 aliphatic carbocycles. The number of carbonyl (C=O) groups excluding carboxylic acids is 1. The molecule has 0 aromatic carbocycles. The molecule has 0 fully saturated rings. The number of hydrogen-bond acceptors (Lipinski definition) is 8. The molecule has 0 aliphatic rings. The van der Waals surface area contributed by atoms with Gasteiger partial charge in [-0.1, -0.05) is 0 Å². The fourth-order valence-corrected chi connectivity index (χ4v) is 1.96. The third-order valence-electron chi connectivity index (χ3n) is 3.45. The molecule has 2 aromatic heterocycles. The molecule has 2 aromatic rings. The number of carbonyl (C=O) groups is 1. The van der Waals surface area contributed by atoms with Crippen molar-refractivity contribution in [3.05, 3.63) is 46.0 Å². The van der Waals surface area contributed by atoms with Gasteiger partial charge in [0.25, 0.3) is 0 Å². The van der Waals surface area contributed by atoms with Gasteiger partial charge < -0.3 is 26.2 Å². The van der Waals surface area contributed by atoms with Crippen LogP contribution in [0.15, 0.2) is 12.4 Å². The van der Waals surface area contributed by atoms with Gasteiger partial charge in [-0.25, -0.2) is 0 Å². The zero-order chi connectivity index (χ0) is 18.3. The van der Waals surface area contributed by atoms with Crippen molar-refractivity contribution in [2.75, 3.05) is 0 Å². The van der Waals surface area contributed by atoms with Crippen LogP contribution in [-0.2, 0) is 19.8 Å². The highest BCUT2D eigenvalue weighted by Crippen LogP contribution is 2.23. The molecule has 24 heavy (non-hydrogen) atoms. The standard InChI is InChI=1S/C8H12N2O2.C8H9NO3/c1-5-8(12)7(2-9)6(4-11)3-10-5;1-5-8(12)7(4-11)6(3-10)2-9-5/h3,11-12H,2,4,9H2,1H3;2,4,10,12H,3H2,1H3. The number of aromatic nitrogens is 2. The molecular weight excluding hydrogens is 314 g/mol. The molecule has 0 aliphatic heterocycles. The number of aldehydes is 1. The van der Waals surface area contributed by atoms with E-state index in [1.165, 1.54) is 12.4 Å². The Morgan fingerprint density at radius 3 is 1.96 bits per heavy atom. The molecule has 0 saturated heterocycles. The molecule has 0 bridgehead atoms. The Morgan fingerprint density at radius 2 is 1.50 bits per heavy atom. The molecule has 2 rings (SSSR count). The van der Waals surface area contributed by atoms with E-state index in [1.807, 2.05) is 0 Å². The van der Waals surface area contributed by atoms with Crippen molar-refractivity contribution in [2.45, 2.75) is 33.6 Å². The van der Waals surface area contributed by atoms with Crippen LogP contribution in [0.2, 0.25) is 0 Å². The minimum atomic E-state index is -0.297. The molecule has 0 spiro atoms. The highest BCUT2D eigenvalue weighted by Gasteiger charge is 2.09. The van der Waals surface area contributed by atoms with Crippen LogP contribution in [0.5, 0.6) is 11.5 Å². The smallest absolute Gasteiger partial charge is 0.154 e. The molecule has 0 amide bonds. The van der Waals surface area contributed by atoms with Gasteiger partial charge in [0.2, 0.25) is 0 Å². The molecule has 8 nitrogen and oxygen atoms in total. The summed E-state index contributed by atoms with van der Waals surface area (Å²) in [6.07, 6.45) is 3.41. The van der Waals surface area contributed by atoms with Crippen molar-refractivity contribution in [3.63, 3.8) is 0 Å². The normalized spacial score (nSPS) is 10.0. The molecule has 8 heteroatoms. The van der Waals surface area contributed by atoms with Crippen molar-refractivity contribution in [1.82, 2.24) is 9.97 Å². The summed E-state index contributed by atoms with van der Waals surface area (Å²) in [6.45, 7) is 3.05. The molecule has 0 unspecified atom stereocenters. The first-order chi connectivity index (χ1) is 11.4. The second kappa shape index (κ2) is 8.92. The van der Waals surface area contributed by atoms with E-state index in [2.05, 4.69) is 9.97 Å². The second-order valence-electron chi connectivity index (χ2n) is 4.97. The van der Waals surface area contributed by atoms with Gasteiger partial charge in [-0.2, -0.15) is 0 Å². The third-order valence-corrected chi connectivity index (χ3v) is 3.45. The summed E-state index contributed by atoms with van der Waals surface area (Å²) in [5.41, 5.74) is 7.93. The van der Waals surface area contributed by atoms with Gasteiger partial charge in [0.05, 0.1) is 30.2 Å². The van der Waals surface area contributed by atoms with Gasteiger partial charge >= 0.3 is 0 Å². The van der Waals surface area contributed by atoms with Gasteiger partial charge in [0.15, 0.2) is 6.29 Å². The van der Waals surface area contributed by atoms with Gasteiger partial charge in [0.1, 0.15) is 11.5 Å². The van der Waals surface area contributed by atoms with Crippen LogP contribution in [0.25, 0.3) is 0 Å². The SMILES string of the molecule is Cc1ncc(CO)c(C=O)c1O.Cc1ncc(CO)c(CN)c1O. The van der Waals surface area contributed by atoms with Gasteiger partial charge in [-0.3, -0.25) is 14.8 Å². The fraction of sp³-hybridized carbons (Fsp3) is 0.312. The summed E-state index contributed by atoms with van der Waals surface area (Å²) < 4.78 is 0. The number of aryl methyl sites for hydroxylation is 2. The average Bonchev–Trinajstić information content (AvgIpc) is 2.59. The number of rotatable bonds is 4. The maximum Gasteiger partial charge on any atom is 0.154 e. The zero-order valence-electron chi connectivity index (χ0n) is 13.5. The highest BCUT2D eigenvalue weighted by molar-refractivity contribution is 5.81. The number of pyridine rings is 2. The summed E-state index contributed by atoms with van der Waals surface area (Å²) in [5.74, 6) is -0.0689. The predicted octanol–water partition coefficient (Wildman–Crippen LogP) is 0.447. The van der Waals surface area contributed by atoms with Gasteiger partial charge in [-0.05, 0) is 13.8 Å². The third kappa shape index (κ3) is 4.25. The van der Waals surface area contributed by atoms with E-state index in [-0.39, 0.29) is 36.8 Å². The summed E-state index contributed by atoms with van der Waals surface area (Å²) in [5, 5.41) is 36.4. The largest absolute Gasteiger partial charge is 0.506 e. The maximum atomic E-state index is 10.5. The van der Waals surface area contributed by atoms with Crippen LogP contribution in [0, 0.1) is 13.8 Å². The van der Waals surface area contributed by atoms with Crippen molar-refractivity contribution < 1.29 is 25.2 Å². The summed E-state index contributed by atoms with van der Waals surface area (Å²) in [6, 6.07) is 0. The minimum absolute atomic E-state index is 0.0871. The quantitative estimate of drug-likeness (QED) is 0.505. The van der Waals surface area contributed by atoms with E-state index in [0.717, 1.165) is 0 Å². The first-order valence-corrected chi connectivity index (χ1v) is 7.11. The molecule has 2 heterocycles. The lowest BCUT2D eigenvalue weighted by Crippen LogP contribution is -2.04. The Balaban J connectivity index is 0.000000240. The molecule has 0 radical (unpaired) electrons. The number of nitrogens with two attached hydrogens (primary N) is 1. The summed E-state index contributed by atoms with van der Waals surface area (Å²) in [4.78, 5) is 18.1. The van der Waals surface area contributed by atoms with Crippen LogP contribution >= 0.6 is 0 Å². The Bertz CT molecular complexity index is 719. The van der Waals surface area contributed by atoms with Crippen LogP contribution < -0.4 is 5.73 Å². The predicted molar refractivity (Wildman–Crippen MR) is 86.4 cm³/mol. The fourth-order valence-electron chi connectivity index (χ4n) is 1.96. The monoisotopic (exact) mass is 335 g/mol. The van der Waals surface area contributed by atoms with Crippen molar-refractivity contribution in [3.8, 4) is 11.5 Å². The molecule has 0 saturated carbocycles. The first-order valence-electron chi connectivity index (χ1n) is 7.11. The summed E-state index contributed by atoms with van der Waals surface area (Å²) >= 11 is 0. The van der Waals surface area contributed by atoms with Crippen molar-refractivity contribution in [2.24, 2.45) is 5.73 Å². The number of nitrogens with zero attached hydrogens (tertiary/aromatic N) is 2. The summed E-state index contributed by atoms with van der Waals surface area (Å²) in [7, 11) is 0. The van der Waals surface area contributed by atoms with Crippen LogP contribution in [0.3, 0.4) is 0 Å². The molecule has 0 atom stereocenters. The second-order valence-corrected chi connectivity index (χ2v) is 4.97. The lowest BCUT2D eigenvalue weighted by Gasteiger charge is -2.08. The topological polar surface area (TPSA) is 150 Å². The Labute approximate surface area is 139 Å². The van der Waals surface area contributed by atoms with Crippen molar-refractivity contribution >= 4 is 6.29 Å². The van der Waals surface area contributed by atoms with Gasteiger partial charge in [-0.15, -0.1) is 0 Å². The van der Waals surface area contributed by atoms with E-state index in [1.54, 1.807) is 13.8 Å². The van der Waals surface area contributed by atoms with Crippen LogP contribution in [0.1, 0.15) is 38.4 Å². The molecule has 130 valence electrons. The van der Waals surface area contributed by atoms with Gasteiger partial charge in [0, 0.05) is 35.6 Å². The molecular formula is C16H21N3O5. The first kappa shape index (κ1) is 19.5. The number of aromatic hydroxyl groups is 2. The highest BCUT2D eigenvalue weighted by atomic mass is 16.3. The Morgan fingerprint density at radius 1 is 1.00 bits per heavy atom. The zero-order valence-corrected chi connectivity index (χ0v) is 13.5. The lowest BCUT2D eigenvalue weighted by molar-refractivity contribution is 0.111. The lowest BCUT2D eigenvalue weighted by atomic mass is 10.1. The Hall–Kier alpha value is -2.55. The van der Waals surface area contributed by atoms with E-state index >= 15 is 0 Å². The van der Waals surface area contributed by atoms with Crippen LogP contribution in [0.4, 0.5) is 0 Å². The Kier molecular flexibility index (Phi) is 7.25. The molecule has 6 N–H and O–H groups in total. The van der Waals surface area contributed by atoms with Crippen LogP contribution in [-0.4, -0.2) is 36.7 Å². The maximum absolute atomic E-state index is 10.5. The van der Waals surface area contributed by atoms with E-state index in [9.17, 15) is 15.0 Å². The average molecular weight is 335 g/mol. The van der Waals surface area contributed by atoms with E-state index < -0.39 is 0 Å². The number of aliphatic hydroxyl groups excluding tert-OH is 2. The van der Waals surface area contributed by atoms with Crippen molar-refractivity contribution in [1.29, 1.82) is 0 Å².